The minimum Gasteiger partial charge on any atom is -0.465 e. The van der Waals surface area contributed by atoms with Gasteiger partial charge in [-0.2, -0.15) is 0 Å². The highest BCUT2D eigenvalue weighted by Gasteiger charge is 2.34. The number of rotatable bonds is 25. The number of thiocarbonyl (C=S) groups is 3. The number of unbranched alkanes of at least 4 members (excludes halogenated alkanes) is 8. The van der Waals surface area contributed by atoms with E-state index >= 15 is 0 Å². The van der Waals surface area contributed by atoms with Crippen LogP contribution >= 0.6 is 36.7 Å². The molecule has 0 aromatic heterocycles. The van der Waals surface area contributed by atoms with Gasteiger partial charge in [0, 0.05) is 0 Å². The van der Waals surface area contributed by atoms with E-state index in [1.807, 2.05) is 0 Å². The van der Waals surface area contributed by atoms with Gasteiger partial charge in [0.05, 0.1) is 0 Å². The van der Waals surface area contributed by atoms with Crippen molar-refractivity contribution in [2.75, 3.05) is 0 Å². The van der Waals surface area contributed by atoms with E-state index in [9.17, 15) is 0 Å². The lowest BCUT2D eigenvalue weighted by atomic mass is 9.83. The monoisotopic (exact) mass is 736 g/mol. The molecule has 2 atom stereocenters. The van der Waals surface area contributed by atoms with Crippen LogP contribution in [-0.2, 0) is 14.2 Å². The highest BCUT2D eigenvalue weighted by Crippen LogP contribution is 2.33. The fourth-order valence-electron chi connectivity index (χ4n) is 6.49. The van der Waals surface area contributed by atoms with E-state index in [2.05, 4.69) is 76.2 Å². The second kappa shape index (κ2) is 30.9. The molecule has 0 aromatic carbocycles. The molecule has 0 saturated carbocycles. The van der Waals surface area contributed by atoms with Gasteiger partial charge in [-0.05, 0) is 126 Å². The van der Waals surface area contributed by atoms with Crippen molar-refractivity contribution in [1.29, 1.82) is 0 Å². The van der Waals surface area contributed by atoms with Crippen molar-refractivity contribution in [3.8, 4) is 0 Å². The zero-order chi connectivity index (χ0) is 37.7. The summed E-state index contributed by atoms with van der Waals surface area (Å²) in [5.74, 6) is 1.05. The summed E-state index contributed by atoms with van der Waals surface area (Å²) >= 11 is 14.7. The summed E-state index contributed by atoms with van der Waals surface area (Å²) < 4.78 is 17.2. The Bertz CT molecular complexity index is 803. The van der Waals surface area contributed by atoms with E-state index in [1.54, 1.807) is 0 Å². The predicted octanol–water partition coefficient (Wildman–Crippen LogP) is 12.2. The van der Waals surface area contributed by atoms with E-state index in [-0.39, 0.29) is 32.3 Å². The van der Waals surface area contributed by atoms with Crippen molar-refractivity contribution >= 4 is 52.2 Å². The summed E-state index contributed by atoms with van der Waals surface area (Å²) in [6.45, 7) is 24.1. The smallest absolute Gasteiger partial charge is 0.254 e. The van der Waals surface area contributed by atoms with Crippen LogP contribution in [0.5, 0.6) is 0 Å². The number of nitrogens with two attached hydrogens (primary N) is 3. The predicted molar refractivity (Wildman–Crippen MR) is 224 cm³/mol. The quantitative estimate of drug-likeness (QED) is 0.0624. The molecule has 0 heterocycles. The van der Waals surface area contributed by atoms with E-state index in [4.69, 9.17) is 68.1 Å². The fourth-order valence-corrected chi connectivity index (χ4v) is 7.01. The van der Waals surface area contributed by atoms with Crippen LogP contribution in [0.1, 0.15) is 205 Å². The van der Waals surface area contributed by atoms with Crippen LogP contribution in [0.25, 0.3) is 0 Å². The Morgan fingerprint density at radius 3 is 1.08 bits per heavy atom. The summed E-state index contributed by atoms with van der Waals surface area (Å²) in [5, 5.41) is 0.584. The molecular weight excluding hydrogens is 655 g/mol. The van der Waals surface area contributed by atoms with Gasteiger partial charge in [-0.15, -0.1) is 0 Å². The van der Waals surface area contributed by atoms with Crippen LogP contribution in [0.2, 0.25) is 0 Å². The Kier molecular flexibility index (Phi) is 33.1. The third-order valence-electron chi connectivity index (χ3n) is 9.57. The first-order chi connectivity index (χ1) is 22.5. The van der Waals surface area contributed by atoms with Gasteiger partial charge in [-0.3, -0.25) is 0 Å². The summed E-state index contributed by atoms with van der Waals surface area (Å²) in [6.07, 6.45) is 23.0. The summed E-state index contributed by atoms with van der Waals surface area (Å²) in [5.41, 5.74) is 16.2. The minimum atomic E-state index is -0.152. The van der Waals surface area contributed by atoms with Gasteiger partial charge in [0.25, 0.3) is 15.5 Å². The molecule has 0 aromatic rings. The minimum absolute atomic E-state index is 0.101. The van der Waals surface area contributed by atoms with E-state index < -0.39 is 0 Å². The van der Waals surface area contributed by atoms with Crippen molar-refractivity contribution in [2.45, 2.75) is 221 Å². The van der Waals surface area contributed by atoms with Gasteiger partial charge >= 0.3 is 0 Å². The summed E-state index contributed by atoms with van der Waals surface area (Å²) in [6, 6.07) is 0. The molecule has 9 heteroatoms. The Balaban J connectivity index is -0.000000634. The third kappa shape index (κ3) is 26.0. The first kappa shape index (κ1) is 51.4. The maximum Gasteiger partial charge on any atom is 0.254 e. The molecule has 0 saturated heterocycles. The topological polar surface area (TPSA) is 106 Å². The molecule has 0 radical (unpaired) electrons. The maximum atomic E-state index is 5.79. The number of hydrogen-bond acceptors (Lipinski definition) is 6. The van der Waals surface area contributed by atoms with E-state index in [0.29, 0.717) is 11.8 Å². The zero-order valence-corrected chi connectivity index (χ0v) is 35.9. The first-order valence-corrected chi connectivity index (χ1v) is 20.7. The molecule has 0 fully saturated rings. The van der Waals surface area contributed by atoms with Crippen molar-refractivity contribution in [3.63, 3.8) is 0 Å². The molecule has 0 bridgehead atoms. The van der Waals surface area contributed by atoms with Gasteiger partial charge in [0.15, 0.2) is 0 Å². The standard InChI is InChI=1S/C14H29NOS.C13H27NOS.C12H25NOS/c1-4-7-9-11-14(6-3,16-13(15)17)12-10-8-5-2;1-5-7-8-9-13(6-2,10-11(3)4)15-12(14)16;1-5-7-8-9-12(6-2,10(3)4)14-11(13)15/h4-12H2,1-3H3,(H2,15,17);11H,5-10H2,1-4H3,(H2,14,16);10H,5-9H2,1-4H3,(H2,13,15). The van der Waals surface area contributed by atoms with Gasteiger partial charge in [-0.1, -0.05) is 128 Å². The van der Waals surface area contributed by atoms with Crippen molar-refractivity contribution in [2.24, 2.45) is 29.0 Å². The Hall–Kier alpha value is -0.930. The lowest BCUT2D eigenvalue weighted by Crippen LogP contribution is -2.41. The number of ether oxygens (including phenoxy) is 3. The lowest BCUT2D eigenvalue weighted by Gasteiger charge is -2.36. The van der Waals surface area contributed by atoms with Crippen LogP contribution < -0.4 is 17.2 Å². The molecule has 0 aliphatic heterocycles. The van der Waals surface area contributed by atoms with Gasteiger partial charge in [-0.25, -0.2) is 0 Å². The van der Waals surface area contributed by atoms with Crippen LogP contribution in [0.15, 0.2) is 0 Å². The molecule has 6 N–H and O–H groups in total. The van der Waals surface area contributed by atoms with Crippen molar-refractivity contribution < 1.29 is 14.2 Å². The molecule has 6 nitrogen and oxygen atoms in total. The first-order valence-electron chi connectivity index (χ1n) is 19.5. The molecule has 0 rings (SSSR count). The largest absolute Gasteiger partial charge is 0.465 e. The third-order valence-corrected chi connectivity index (χ3v) is 9.82. The van der Waals surface area contributed by atoms with Gasteiger partial charge in [0.2, 0.25) is 0 Å². The van der Waals surface area contributed by atoms with Crippen LogP contribution in [0.4, 0.5) is 0 Å². The summed E-state index contributed by atoms with van der Waals surface area (Å²) in [4.78, 5) is 0. The molecule has 288 valence electrons. The Morgan fingerprint density at radius 1 is 0.479 bits per heavy atom. The maximum absolute atomic E-state index is 5.79. The molecule has 0 spiro atoms. The lowest BCUT2D eigenvalue weighted by molar-refractivity contribution is -0.00281. The zero-order valence-electron chi connectivity index (χ0n) is 33.5. The Morgan fingerprint density at radius 2 is 0.812 bits per heavy atom. The molecule has 0 amide bonds. The summed E-state index contributed by atoms with van der Waals surface area (Å²) in [7, 11) is 0. The molecule has 48 heavy (non-hydrogen) atoms. The average molecular weight is 736 g/mol. The second-order valence-corrected chi connectivity index (χ2v) is 15.5. The van der Waals surface area contributed by atoms with Crippen LogP contribution in [0, 0.1) is 11.8 Å². The highest BCUT2D eigenvalue weighted by molar-refractivity contribution is 7.80. The van der Waals surface area contributed by atoms with Crippen molar-refractivity contribution in [3.05, 3.63) is 0 Å². The molecular formula is C39H81N3O3S3. The molecule has 2 unspecified atom stereocenters. The average Bonchev–Trinajstić information content (AvgIpc) is 3.00. The Labute approximate surface area is 315 Å². The van der Waals surface area contributed by atoms with E-state index in [0.717, 1.165) is 51.4 Å². The van der Waals surface area contributed by atoms with Crippen LogP contribution in [-0.4, -0.2) is 32.3 Å². The highest BCUT2D eigenvalue weighted by atomic mass is 32.1. The second-order valence-electron chi connectivity index (χ2n) is 14.3. The molecule has 0 aliphatic rings. The fraction of sp³-hybridized carbons (Fsp3) is 0.923. The van der Waals surface area contributed by atoms with Crippen LogP contribution in [0.3, 0.4) is 0 Å². The van der Waals surface area contributed by atoms with Crippen molar-refractivity contribution in [1.82, 2.24) is 0 Å². The van der Waals surface area contributed by atoms with E-state index in [1.165, 1.54) is 77.0 Å². The van der Waals surface area contributed by atoms with Gasteiger partial charge in [0.1, 0.15) is 16.8 Å². The number of hydrogen-bond donors (Lipinski definition) is 3. The van der Waals surface area contributed by atoms with Gasteiger partial charge < -0.3 is 31.4 Å². The molecule has 0 aliphatic carbocycles. The normalized spacial score (nSPS) is 13.7. The SMILES string of the molecule is CCCCCC(CC)(CC(C)C)OC(N)=S.CCCCCC(CC)(CCCCC)OC(N)=S.CCCCCC(CC)(OC(N)=S)C(C)C.